The van der Waals surface area contributed by atoms with Gasteiger partial charge in [-0.25, -0.2) is 4.39 Å². The smallest absolute Gasteiger partial charge is 0.255 e. The molecule has 4 nitrogen and oxygen atoms in total. The standard InChI is InChI=1S/C12H15FN2O2/c13-8-1-4-11(17-6-5-14)10(7-8)12(16)15-9-2-3-9/h1,4,7,9H,2-3,5-6,14H2,(H,15,16). The molecule has 17 heavy (non-hydrogen) atoms. The van der Waals surface area contributed by atoms with Gasteiger partial charge in [-0.2, -0.15) is 0 Å². The van der Waals surface area contributed by atoms with Crippen molar-refractivity contribution in [2.24, 2.45) is 5.73 Å². The highest BCUT2D eigenvalue weighted by atomic mass is 19.1. The van der Waals surface area contributed by atoms with Crippen molar-refractivity contribution in [3.63, 3.8) is 0 Å². The number of ether oxygens (including phenoxy) is 1. The van der Waals surface area contributed by atoms with Crippen LogP contribution >= 0.6 is 0 Å². The third-order valence-electron chi connectivity index (χ3n) is 2.47. The first kappa shape index (κ1) is 11.9. The number of amides is 1. The molecule has 0 radical (unpaired) electrons. The fourth-order valence-corrected chi connectivity index (χ4v) is 1.47. The Balaban J connectivity index is 2.15. The van der Waals surface area contributed by atoms with Crippen LogP contribution in [0.4, 0.5) is 4.39 Å². The summed E-state index contributed by atoms with van der Waals surface area (Å²) in [5, 5.41) is 2.80. The molecule has 0 heterocycles. The lowest BCUT2D eigenvalue weighted by atomic mass is 10.2. The van der Waals surface area contributed by atoms with E-state index in [0.29, 0.717) is 18.9 Å². The van der Waals surface area contributed by atoms with E-state index in [0.717, 1.165) is 12.8 Å². The fourth-order valence-electron chi connectivity index (χ4n) is 1.47. The predicted molar refractivity (Wildman–Crippen MR) is 61.4 cm³/mol. The number of hydrogen-bond donors (Lipinski definition) is 2. The molecule has 0 bridgehead atoms. The Hall–Kier alpha value is -1.62. The van der Waals surface area contributed by atoms with Crippen LogP contribution in [0.1, 0.15) is 23.2 Å². The quantitative estimate of drug-likeness (QED) is 0.806. The Bertz CT molecular complexity index is 419. The summed E-state index contributed by atoms with van der Waals surface area (Å²) < 4.78 is 18.4. The number of rotatable bonds is 5. The van der Waals surface area contributed by atoms with Gasteiger partial charge in [0.05, 0.1) is 5.56 Å². The lowest BCUT2D eigenvalue weighted by Gasteiger charge is -2.10. The van der Waals surface area contributed by atoms with E-state index < -0.39 is 5.82 Å². The van der Waals surface area contributed by atoms with Crippen molar-refractivity contribution in [2.75, 3.05) is 13.2 Å². The molecule has 1 fully saturated rings. The highest BCUT2D eigenvalue weighted by Crippen LogP contribution is 2.23. The van der Waals surface area contributed by atoms with Gasteiger partial charge in [-0.15, -0.1) is 0 Å². The molecule has 1 aromatic carbocycles. The molecule has 1 aliphatic rings. The average Bonchev–Trinajstić information content (AvgIpc) is 3.11. The van der Waals surface area contributed by atoms with Crippen molar-refractivity contribution in [3.05, 3.63) is 29.6 Å². The second-order valence-electron chi connectivity index (χ2n) is 4.03. The summed E-state index contributed by atoms with van der Waals surface area (Å²) in [5.74, 6) is -0.375. The molecule has 0 atom stereocenters. The van der Waals surface area contributed by atoms with Crippen LogP contribution in [0.5, 0.6) is 5.75 Å². The van der Waals surface area contributed by atoms with Crippen LogP contribution in [-0.4, -0.2) is 25.1 Å². The number of benzene rings is 1. The molecule has 2 rings (SSSR count). The number of nitrogens with one attached hydrogen (secondary N) is 1. The first-order valence-electron chi connectivity index (χ1n) is 5.64. The predicted octanol–water partition coefficient (Wildman–Crippen LogP) is 1.06. The number of carbonyl (C=O) groups excluding carboxylic acids is 1. The van der Waals surface area contributed by atoms with Crippen molar-refractivity contribution in [1.82, 2.24) is 5.32 Å². The lowest BCUT2D eigenvalue weighted by Crippen LogP contribution is -2.26. The average molecular weight is 238 g/mol. The molecule has 0 spiro atoms. The molecule has 1 aliphatic carbocycles. The minimum Gasteiger partial charge on any atom is -0.491 e. The van der Waals surface area contributed by atoms with Crippen LogP contribution in [0, 0.1) is 5.82 Å². The maximum atomic E-state index is 13.1. The molecule has 0 aromatic heterocycles. The van der Waals surface area contributed by atoms with Gasteiger partial charge in [-0.3, -0.25) is 4.79 Å². The lowest BCUT2D eigenvalue weighted by molar-refractivity contribution is 0.0946. The second-order valence-corrected chi connectivity index (χ2v) is 4.03. The number of hydrogen-bond acceptors (Lipinski definition) is 3. The molecule has 0 saturated heterocycles. The molecule has 3 N–H and O–H groups in total. The Morgan fingerprint density at radius 3 is 2.94 bits per heavy atom. The monoisotopic (exact) mass is 238 g/mol. The summed E-state index contributed by atoms with van der Waals surface area (Å²) in [7, 11) is 0. The first-order chi connectivity index (χ1) is 8.20. The zero-order valence-electron chi connectivity index (χ0n) is 9.41. The zero-order valence-corrected chi connectivity index (χ0v) is 9.41. The molecular formula is C12H15FN2O2. The molecule has 92 valence electrons. The highest BCUT2D eigenvalue weighted by molar-refractivity contribution is 5.97. The van der Waals surface area contributed by atoms with Gasteiger partial charge in [-0.1, -0.05) is 0 Å². The number of nitrogens with two attached hydrogens (primary N) is 1. The SMILES string of the molecule is NCCOc1ccc(F)cc1C(=O)NC1CC1. The van der Waals surface area contributed by atoms with E-state index in [1.54, 1.807) is 0 Å². The third-order valence-corrected chi connectivity index (χ3v) is 2.47. The number of halogens is 1. The van der Waals surface area contributed by atoms with Crippen molar-refractivity contribution in [2.45, 2.75) is 18.9 Å². The minimum atomic E-state index is -0.453. The molecule has 1 amide bonds. The van der Waals surface area contributed by atoms with E-state index in [1.165, 1.54) is 18.2 Å². The zero-order chi connectivity index (χ0) is 12.3. The van der Waals surface area contributed by atoms with E-state index in [1.807, 2.05) is 0 Å². The van der Waals surface area contributed by atoms with E-state index >= 15 is 0 Å². The van der Waals surface area contributed by atoms with E-state index in [-0.39, 0.29) is 17.5 Å². The van der Waals surface area contributed by atoms with Crippen molar-refractivity contribution in [1.29, 1.82) is 0 Å². The van der Waals surface area contributed by atoms with Crippen LogP contribution in [0.2, 0.25) is 0 Å². The molecule has 1 aromatic rings. The minimum absolute atomic E-state index is 0.227. The maximum absolute atomic E-state index is 13.1. The summed E-state index contributed by atoms with van der Waals surface area (Å²) in [6, 6.07) is 4.13. The highest BCUT2D eigenvalue weighted by Gasteiger charge is 2.25. The Kier molecular flexibility index (Phi) is 3.58. The Morgan fingerprint density at radius 2 is 2.29 bits per heavy atom. The summed E-state index contributed by atoms with van der Waals surface area (Å²) in [6.45, 7) is 0.649. The molecule has 1 saturated carbocycles. The van der Waals surface area contributed by atoms with Gasteiger partial charge >= 0.3 is 0 Å². The van der Waals surface area contributed by atoms with Gasteiger partial charge in [-0.05, 0) is 31.0 Å². The topological polar surface area (TPSA) is 64.3 Å². The van der Waals surface area contributed by atoms with Gasteiger partial charge in [0, 0.05) is 12.6 Å². The number of carbonyl (C=O) groups is 1. The van der Waals surface area contributed by atoms with Crippen molar-refractivity contribution in [3.8, 4) is 5.75 Å². The third kappa shape index (κ3) is 3.17. The van der Waals surface area contributed by atoms with Gasteiger partial charge in [0.2, 0.25) is 0 Å². The van der Waals surface area contributed by atoms with Crippen LogP contribution in [-0.2, 0) is 0 Å². The Morgan fingerprint density at radius 1 is 1.53 bits per heavy atom. The van der Waals surface area contributed by atoms with Crippen LogP contribution in [0.25, 0.3) is 0 Å². The molecule has 5 heteroatoms. The van der Waals surface area contributed by atoms with Gasteiger partial charge in [0.15, 0.2) is 0 Å². The van der Waals surface area contributed by atoms with E-state index in [4.69, 9.17) is 10.5 Å². The molecule has 0 aliphatic heterocycles. The second kappa shape index (κ2) is 5.14. The van der Waals surface area contributed by atoms with Gasteiger partial charge in [0.25, 0.3) is 5.91 Å². The molecular weight excluding hydrogens is 223 g/mol. The van der Waals surface area contributed by atoms with Crippen molar-refractivity contribution < 1.29 is 13.9 Å². The summed E-state index contributed by atoms with van der Waals surface area (Å²) >= 11 is 0. The Labute approximate surface area is 98.9 Å². The molecule has 0 unspecified atom stereocenters. The van der Waals surface area contributed by atoms with Gasteiger partial charge < -0.3 is 15.8 Å². The van der Waals surface area contributed by atoms with Gasteiger partial charge in [0.1, 0.15) is 18.2 Å². The van der Waals surface area contributed by atoms with Crippen LogP contribution in [0.3, 0.4) is 0 Å². The van der Waals surface area contributed by atoms with E-state index in [2.05, 4.69) is 5.32 Å². The largest absolute Gasteiger partial charge is 0.491 e. The van der Waals surface area contributed by atoms with Crippen molar-refractivity contribution >= 4 is 5.91 Å². The maximum Gasteiger partial charge on any atom is 0.255 e. The normalized spacial score (nSPS) is 14.5. The summed E-state index contributed by atoms with van der Waals surface area (Å²) in [4.78, 5) is 11.8. The van der Waals surface area contributed by atoms with E-state index in [9.17, 15) is 9.18 Å². The van der Waals surface area contributed by atoms with Crippen LogP contribution in [0.15, 0.2) is 18.2 Å². The fraction of sp³-hybridized carbons (Fsp3) is 0.417. The summed E-state index contributed by atoms with van der Waals surface area (Å²) in [5.41, 5.74) is 5.55. The first-order valence-corrected chi connectivity index (χ1v) is 5.64. The summed E-state index contributed by atoms with van der Waals surface area (Å²) in [6.07, 6.45) is 1.97. The van der Waals surface area contributed by atoms with Crippen LogP contribution < -0.4 is 15.8 Å².